The van der Waals surface area contributed by atoms with E-state index in [0.29, 0.717) is 0 Å². The third-order valence-corrected chi connectivity index (χ3v) is 3.98. The largest absolute Gasteiger partial charge is 0.327 e. The van der Waals surface area contributed by atoms with E-state index < -0.39 is 0 Å². The highest BCUT2D eigenvalue weighted by Gasteiger charge is 2.07. The summed E-state index contributed by atoms with van der Waals surface area (Å²) in [5.74, 6) is 0. The normalized spacial score (nSPS) is 12.6. The summed E-state index contributed by atoms with van der Waals surface area (Å²) in [6.07, 6.45) is 2.96. The number of aromatic nitrogens is 1. The molecule has 0 spiro atoms. The number of nitrogens with two attached hydrogens (primary N) is 1. The zero-order valence-corrected chi connectivity index (χ0v) is 11.8. The fourth-order valence-corrected chi connectivity index (χ4v) is 2.91. The minimum atomic E-state index is 0.205. The predicted molar refractivity (Wildman–Crippen MR) is 78.0 cm³/mol. The molecule has 0 aliphatic rings. The zero-order chi connectivity index (χ0) is 13.0. The number of hydrogen-bond donors (Lipinski definition) is 1. The van der Waals surface area contributed by atoms with Gasteiger partial charge in [0.2, 0.25) is 0 Å². The molecular formula is C15H20N2S. The minimum absolute atomic E-state index is 0.205. The molecule has 2 aromatic rings. The van der Waals surface area contributed by atoms with Crippen molar-refractivity contribution in [2.45, 2.75) is 39.2 Å². The van der Waals surface area contributed by atoms with Gasteiger partial charge in [-0.1, -0.05) is 29.8 Å². The number of aryl methyl sites for hydroxylation is 3. The van der Waals surface area contributed by atoms with E-state index in [-0.39, 0.29) is 6.04 Å². The third-order valence-electron chi connectivity index (χ3n) is 2.99. The molecule has 2 N–H and O–H groups in total. The highest BCUT2D eigenvalue weighted by Crippen LogP contribution is 2.13. The number of rotatable bonds is 5. The molecule has 0 fully saturated rings. The molecular weight excluding hydrogens is 240 g/mol. The number of nitrogens with zero attached hydrogens (tertiary/aromatic N) is 1. The van der Waals surface area contributed by atoms with Crippen molar-refractivity contribution in [3.05, 3.63) is 51.5 Å². The fourth-order valence-electron chi connectivity index (χ4n) is 2.04. The Morgan fingerprint density at radius 3 is 2.83 bits per heavy atom. The maximum atomic E-state index is 6.17. The third kappa shape index (κ3) is 3.93. The standard InChI is InChI=1S/C15H20N2S/c1-11-4-3-5-13(8-11)6-7-14(16)9-15-17-12(2)10-18-15/h3-5,8,10,14H,6-7,9,16H2,1-2H3. The monoisotopic (exact) mass is 260 g/mol. The zero-order valence-electron chi connectivity index (χ0n) is 11.0. The summed E-state index contributed by atoms with van der Waals surface area (Å²) in [5.41, 5.74) is 9.96. The minimum Gasteiger partial charge on any atom is -0.327 e. The van der Waals surface area contributed by atoms with Crippen LogP contribution in [0, 0.1) is 13.8 Å². The molecule has 0 bridgehead atoms. The van der Waals surface area contributed by atoms with Gasteiger partial charge in [-0.05, 0) is 32.3 Å². The lowest BCUT2D eigenvalue weighted by Gasteiger charge is -2.10. The van der Waals surface area contributed by atoms with E-state index in [2.05, 4.69) is 41.6 Å². The van der Waals surface area contributed by atoms with Gasteiger partial charge in [0.1, 0.15) is 0 Å². The van der Waals surface area contributed by atoms with Gasteiger partial charge in [0, 0.05) is 23.5 Å². The van der Waals surface area contributed by atoms with E-state index in [0.717, 1.165) is 30.0 Å². The average molecular weight is 260 g/mol. The van der Waals surface area contributed by atoms with Crippen LogP contribution in [0.4, 0.5) is 0 Å². The summed E-state index contributed by atoms with van der Waals surface area (Å²) in [5, 5.41) is 3.24. The lowest BCUT2D eigenvalue weighted by atomic mass is 10.0. The van der Waals surface area contributed by atoms with Gasteiger partial charge in [0.05, 0.1) is 5.01 Å². The van der Waals surface area contributed by atoms with Crippen LogP contribution in [0.5, 0.6) is 0 Å². The van der Waals surface area contributed by atoms with Crippen molar-refractivity contribution in [3.63, 3.8) is 0 Å². The summed E-state index contributed by atoms with van der Waals surface area (Å²) in [6.45, 7) is 4.15. The molecule has 1 heterocycles. The first-order valence-electron chi connectivity index (χ1n) is 6.35. The van der Waals surface area contributed by atoms with Crippen molar-refractivity contribution in [1.82, 2.24) is 4.98 Å². The Morgan fingerprint density at radius 2 is 2.17 bits per heavy atom. The molecule has 1 aromatic carbocycles. The van der Waals surface area contributed by atoms with Gasteiger partial charge in [-0.25, -0.2) is 4.98 Å². The second kappa shape index (κ2) is 6.12. The van der Waals surface area contributed by atoms with Crippen LogP contribution in [-0.4, -0.2) is 11.0 Å². The van der Waals surface area contributed by atoms with E-state index in [4.69, 9.17) is 5.73 Å². The predicted octanol–water partition coefficient (Wildman–Crippen LogP) is 3.26. The van der Waals surface area contributed by atoms with Gasteiger partial charge in [-0.3, -0.25) is 0 Å². The Morgan fingerprint density at radius 1 is 1.33 bits per heavy atom. The summed E-state index contributed by atoms with van der Waals surface area (Å²) in [6, 6.07) is 8.85. The summed E-state index contributed by atoms with van der Waals surface area (Å²) in [4.78, 5) is 4.46. The van der Waals surface area contributed by atoms with Crippen LogP contribution in [0.1, 0.15) is 28.2 Å². The molecule has 2 rings (SSSR count). The summed E-state index contributed by atoms with van der Waals surface area (Å²) in [7, 11) is 0. The highest BCUT2D eigenvalue weighted by molar-refractivity contribution is 7.09. The van der Waals surface area contributed by atoms with Crippen molar-refractivity contribution < 1.29 is 0 Å². The molecule has 2 nitrogen and oxygen atoms in total. The first-order chi connectivity index (χ1) is 8.63. The Kier molecular flexibility index (Phi) is 4.50. The van der Waals surface area contributed by atoms with Gasteiger partial charge in [0.15, 0.2) is 0 Å². The summed E-state index contributed by atoms with van der Waals surface area (Å²) >= 11 is 1.71. The first-order valence-corrected chi connectivity index (χ1v) is 7.23. The number of benzene rings is 1. The molecule has 1 atom stereocenters. The maximum Gasteiger partial charge on any atom is 0.0943 e. The molecule has 0 saturated carbocycles. The highest BCUT2D eigenvalue weighted by atomic mass is 32.1. The molecule has 1 unspecified atom stereocenters. The van der Waals surface area contributed by atoms with E-state index in [1.807, 2.05) is 6.92 Å². The molecule has 0 aliphatic heterocycles. The lowest BCUT2D eigenvalue weighted by Crippen LogP contribution is -2.23. The molecule has 96 valence electrons. The topological polar surface area (TPSA) is 38.9 Å². The van der Waals surface area contributed by atoms with Crippen molar-refractivity contribution in [1.29, 1.82) is 0 Å². The Balaban J connectivity index is 1.83. The van der Waals surface area contributed by atoms with E-state index in [9.17, 15) is 0 Å². The Hall–Kier alpha value is -1.19. The molecule has 0 saturated heterocycles. The second-order valence-corrected chi connectivity index (χ2v) is 5.82. The smallest absolute Gasteiger partial charge is 0.0943 e. The van der Waals surface area contributed by atoms with Crippen LogP contribution in [0.25, 0.3) is 0 Å². The SMILES string of the molecule is Cc1cccc(CCC(N)Cc2nc(C)cs2)c1. The lowest BCUT2D eigenvalue weighted by molar-refractivity contribution is 0.608. The molecule has 3 heteroatoms. The average Bonchev–Trinajstić information content (AvgIpc) is 2.72. The van der Waals surface area contributed by atoms with Crippen LogP contribution < -0.4 is 5.73 Å². The maximum absolute atomic E-state index is 6.17. The van der Waals surface area contributed by atoms with Crippen molar-refractivity contribution >= 4 is 11.3 Å². The molecule has 1 aromatic heterocycles. The van der Waals surface area contributed by atoms with E-state index in [1.165, 1.54) is 11.1 Å². The Bertz CT molecular complexity index is 505. The Labute approximate surface area is 113 Å². The molecule has 0 aliphatic carbocycles. The quantitative estimate of drug-likeness (QED) is 0.896. The fraction of sp³-hybridized carbons (Fsp3) is 0.400. The number of hydrogen-bond acceptors (Lipinski definition) is 3. The van der Waals surface area contributed by atoms with E-state index >= 15 is 0 Å². The van der Waals surface area contributed by atoms with Crippen LogP contribution in [-0.2, 0) is 12.8 Å². The second-order valence-electron chi connectivity index (χ2n) is 4.87. The molecule has 0 amide bonds. The van der Waals surface area contributed by atoms with Crippen LogP contribution in [0.15, 0.2) is 29.6 Å². The molecule has 0 radical (unpaired) electrons. The number of thiazole rings is 1. The van der Waals surface area contributed by atoms with Crippen molar-refractivity contribution in [2.75, 3.05) is 0 Å². The van der Waals surface area contributed by atoms with Crippen molar-refractivity contribution in [3.8, 4) is 0 Å². The van der Waals surface area contributed by atoms with Crippen LogP contribution in [0.3, 0.4) is 0 Å². The molecule has 18 heavy (non-hydrogen) atoms. The van der Waals surface area contributed by atoms with Crippen molar-refractivity contribution in [2.24, 2.45) is 5.73 Å². The van der Waals surface area contributed by atoms with Crippen LogP contribution in [0.2, 0.25) is 0 Å². The van der Waals surface area contributed by atoms with Gasteiger partial charge in [0.25, 0.3) is 0 Å². The van der Waals surface area contributed by atoms with Gasteiger partial charge < -0.3 is 5.73 Å². The van der Waals surface area contributed by atoms with Gasteiger partial charge in [-0.2, -0.15) is 0 Å². The van der Waals surface area contributed by atoms with Gasteiger partial charge >= 0.3 is 0 Å². The first kappa shape index (κ1) is 13.2. The van der Waals surface area contributed by atoms with E-state index in [1.54, 1.807) is 11.3 Å². The summed E-state index contributed by atoms with van der Waals surface area (Å²) < 4.78 is 0. The van der Waals surface area contributed by atoms with Gasteiger partial charge in [-0.15, -0.1) is 11.3 Å². The van der Waals surface area contributed by atoms with Crippen LogP contribution >= 0.6 is 11.3 Å².